The van der Waals surface area contributed by atoms with Gasteiger partial charge in [0.2, 0.25) is 15.9 Å². The van der Waals surface area contributed by atoms with Gasteiger partial charge in [-0.2, -0.15) is 0 Å². The van der Waals surface area contributed by atoms with Crippen LogP contribution in [0.4, 0.5) is 0 Å². The summed E-state index contributed by atoms with van der Waals surface area (Å²) < 4.78 is 26.1. The van der Waals surface area contributed by atoms with Gasteiger partial charge in [0.1, 0.15) is 6.61 Å². The van der Waals surface area contributed by atoms with Crippen molar-refractivity contribution in [2.75, 3.05) is 27.2 Å². The number of sulfonamides is 1. The van der Waals surface area contributed by atoms with E-state index < -0.39 is 10.0 Å². The van der Waals surface area contributed by atoms with Crippen LogP contribution in [0.5, 0.6) is 0 Å². The first-order chi connectivity index (χ1) is 9.36. The monoisotopic (exact) mass is 296 g/mol. The topological polar surface area (TPSA) is 86.7 Å². The van der Waals surface area contributed by atoms with Gasteiger partial charge in [0.15, 0.2) is 0 Å². The van der Waals surface area contributed by atoms with E-state index in [4.69, 9.17) is 5.11 Å². The van der Waals surface area contributed by atoms with E-state index in [1.165, 1.54) is 29.2 Å². The van der Waals surface area contributed by atoms with Crippen molar-refractivity contribution in [3.63, 3.8) is 0 Å². The number of rotatable bonds is 4. The van der Waals surface area contributed by atoms with Gasteiger partial charge in [-0.05, 0) is 24.3 Å². The molecule has 0 radical (unpaired) electrons. The molecule has 0 aliphatic rings. The van der Waals surface area contributed by atoms with Gasteiger partial charge in [-0.1, -0.05) is 11.8 Å². The third kappa shape index (κ3) is 4.66. The van der Waals surface area contributed by atoms with E-state index in [0.29, 0.717) is 5.56 Å². The molecule has 2 N–H and O–H groups in total. The molecule has 0 aromatic heterocycles. The molecule has 6 nitrogen and oxygen atoms in total. The fourth-order valence-electron chi connectivity index (χ4n) is 1.26. The predicted octanol–water partition coefficient (Wildman–Crippen LogP) is -0.603. The molecule has 1 aromatic carbocycles. The van der Waals surface area contributed by atoms with Crippen LogP contribution < -0.4 is 4.72 Å². The Morgan fingerprint density at radius 1 is 1.30 bits per heavy atom. The average Bonchev–Trinajstić information content (AvgIpc) is 2.43. The van der Waals surface area contributed by atoms with Crippen molar-refractivity contribution in [1.29, 1.82) is 0 Å². The normalized spacial score (nSPS) is 10.6. The molecule has 1 aromatic rings. The number of benzene rings is 1. The zero-order valence-corrected chi connectivity index (χ0v) is 12.1. The van der Waals surface area contributed by atoms with Crippen LogP contribution in [0.3, 0.4) is 0 Å². The van der Waals surface area contributed by atoms with Gasteiger partial charge in [0.25, 0.3) is 0 Å². The van der Waals surface area contributed by atoms with Gasteiger partial charge in [0.05, 0.1) is 11.4 Å². The Kier molecular flexibility index (Phi) is 5.70. The van der Waals surface area contributed by atoms with Crippen LogP contribution in [0.1, 0.15) is 5.56 Å². The highest BCUT2D eigenvalue weighted by molar-refractivity contribution is 7.89. The van der Waals surface area contributed by atoms with Crippen LogP contribution in [0.15, 0.2) is 29.2 Å². The van der Waals surface area contributed by atoms with Crippen LogP contribution in [0.25, 0.3) is 0 Å². The second-order valence-electron chi connectivity index (χ2n) is 4.10. The Bertz CT molecular complexity index is 625. The number of carbonyl (C=O) groups is 1. The molecule has 0 bridgehead atoms. The van der Waals surface area contributed by atoms with E-state index in [0.717, 1.165) is 0 Å². The standard InChI is InChI=1S/C13H16N2O4S/c1-15(2)13(17)10-14-20(18,19)12-7-5-11(6-8-12)4-3-9-16/h5-8,14,16H,9-10H2,1-2H3. The number of carbonyl (C=O) groups excluding carboxylic acids is 1. The summed E-state index contributed by atoms with van der Waals surface area (Å²) in [5.74, 6) is 4.79. The number of likely N-dealkylation sites (N-methyl/N-ethyl adjacent to an activating group) is 1. The van der Waals surface area contributed by atoms with Gasteiger partial charge in [0, 0.05) is 19.7 Å². The molecule has 1 amide bonds. The molecule has 0 fully saturated rings. The molecular formula is C13H16N2O4S. The fourth-order valence-corrected chi connectivity index (χ4v) is 2.23. The minimum absolute atomic E-state index is 0.0543. The van der Waals surface area contributed by atoms with Crippen LogP contribution in [0, 0.1) is 11.8 Å². The predicted molar refractivity (Wildman–Crippen MR) is 74.3 cm³/mol. The van der Waals surface area contributed by atoms with Crippen LogP contribution >= 0.6 is 0 Å². The van der Waals surface area contributed by atoms with Gasteiger partial charge in [-0.25, -0.2) is 13.1 Å². The Morgan fingerprint density at radius 2 is 1.90 bits per heavy atom. The fraction of sp³-hybridized carbons (Fsp3) is 0.308. The molecule has 0 saturated heterocycles. The van der Waals surface area contributed by atoms with Crippen LogP contribution in [-0.4, -0.2) is 51.6 Å². The number of aliphatic hydroxyl groups is 1. The maximum absolute atomic E-state index is 11.9. The first-order valence-electron chi connectivity index (χ1n) is 5.76. The Labute approximate surface area is 118 Å². The van der Waals surface area contributed by atoms with E-state index in [1.807, 2.05) is 0 Å². The third-order valence-electron chi connectivity index (χ3n) is 2.39. The quantitative estimate of drug-likeness (QED) is 0.726. The summed E-state index contributed by atoms with van der Waals surface area (Å²) in [5.41, 5.74) is 0.599. The molecule has 0 unspecified atom stereocenters. The van der Waals surface area contributed by atoms with Crippen molar-refractivity contribution < 1.29 is 18.3 Å². The maximum Gasteiger partial charge on any atom is 0.241 e. The molecule has 7 heteroatoms. The summed E-state index contributed by atoms with van der Waals surface area (Å²) in [6.07, 6.45) is 0. The lowest BCUT2D eigenvalue weighted by Gasteiger charge is -2.11. The second kappa shape index (κ2) is 7.05. The van der Waals surface area contributed by atoms with Crippen molar-refractivity contribution in [3.8, 4) is 11.8 Å². The summed E-state index contributed by atoms with van der Waals surface area (Å²) in [4.78, 5) is 12.7. The molecule has 108 valence electrons. The summed E-state index contributed by atoms with van der Waals surface area (Å²) >= 11 is 0. The highest BCUT2D eigenvalue weighted by atomic mass is 32.2. The first-order valence-corrected chi connectivity index (χ1v) is 7.25. The van der Waals surface area contributed by atoms with Crippen molar-refractivity contribution in [1.82, 2.24) is 9.62 Å². The molecule has 0 atom stereocenters. The molecular weight excluding hydrogens is 280 g/mol. The minimum atomic E-state index is -3.72. The van der Waals surface area contributed by atoms with Gasteiger partial charge in [-0.3, -0.25) is 4.79 Å². The Morgan fingerprint density at radius 3 is 2.40 bits per heavy atom. The first kappa shape index (κ1) is 16.2. The molecule has 0 aliphatic heterocycles. The number of nitrogens with one attached hydrogen (secondary N) is 1. The van der Waals surface area contributed by atoms with Gasteiger partial charge < -0.3 is 10.0 Å². The number of hydrogen-bond donors (Lipinski definition) is 2. The molecule has 0 spiro atoms. The van der Waals surface area contributed by atoms with E-state index in [-0.39, 0.29) is 24.0 Å². The summed E-state index contributed by atoms with van der Waals surface area (Å²) in [5, 5.41) is 8.56. The van der Waals surface area contributed by atoms with Gasteiger partial charge in [-0.15, -0.1) is 0 Å². The smallest absolute Gasteiger partial charge is 0.241 e. The zero-order valence-electron chi connectivity index (χ0n) is 11.3. The van der Waals surface area contributed by atoms with Crippen molar-refractivity contribution in [2.24, 2.45) is 0 Å². The highest BCUT2D eigenvalue weighted by Gasteiger charge is 2.15. The summed E-state index contributed by atoms with van der Waals surface area (Å²) in [6, 6.07) is 5.85. The van der Waals surface area contributed by atoms with E-state index >= 15 is 0 Å². The van der Waals surface area contributed by atoms with E-state index in [9.17, 15) is 13.2 Å². The number of nitrogens with zero attached hydrogens (tertiary/aromatic N) is 1. The van der Waals surface area contributed by atoms with Gasteiger partial charge >= 0.3 is 0 Å². The second-order valence-corrected chi connectivity index (χ2v) is 5.86. The molecule has 0 aliphatic carbocycles. The zero-order chi connectivity index (χ0) is 15.2. The highest BCUT2D eigenvalue weighted by Crippen LogP contribution is 2.09. The summed E-state index contributed by atoms with van der Waals surface area (Å²) in [6.45, 7) is -0.546. The van der Waals surface area contributed by atoms with Crippen LogP contribution in [0.2, 0.25) is 0 Å². The molecule has 0 heterocycles. The average molecular weight is 296 g/mol. The maximum atomic E-state index is 11.9. The minimum Gasteiger partial charge on any atom is -0.384 e. The number of hydrogen-bond acceptors (Lipinski definition) is 4. The van der Waals surface area contributed by atoms with Crippen LogP contribution in [-0.2, 0) is 14.8 Å². The van der Waals surface area contributed by atoms with Crippen molar-refractivity contribution in [2.45, 2.75) is 4.90 Å². The van der Waals surface area contributed by atoms with Crippen molar-refractivity contribution >= 4 is 15.9 Å². The Hall–Kier alpha value is -1.88. The lowest BCUT2D eigenvalue weighted by atomic mass is 10.2. The third-order valence-corrected chi connectivity index (χ3v) is 3.81. The SMILES string of the molecule is CN(C)C(=O)CNS(=O)(=O)c1ccc(C#CCO)cc1. The lowest BCUT2D eigenvalue weighted by molar-refractivity contribution is -0.127. The molecule has 1 rings (SSSR count). The summed E-state index contributed by atoms with van der Waals surface area (Å²) in [7, 11) is -0.627. The number of aliphatic hydroxyl groups excluding tert-OH is 1. The lowest BCUT2D eigenvalue weighted by Crippen LogP contribution is -2.36. The number of amides is 1. The molecule has 20 heavy (non-hydrogen) atoms. The largest absolute Gasteiger partial charge is 0.384 e. The Balaban J connectivity index is 2.80. The molecule has 0 saturated carbocycles. The van der Waals surface area contributed by atoms with E-state index in [2.05, 4.69) is 16.6 Å². The van der Waals surface area contributed by atoms with Crippen molar-refractivity contribution in [3.05, 3.63) is 29.8 Å². The van der Waals surface area contributed by atoms with E-state index in [1.54, 1.807) is 14.1 Å².